The van der Waals surface area contributed by atoms with E-state index < -0.39 is 6.10 Å². The molecule has 112 valence electrons. The Morgan fingerprint density at radius 2 is 2.00 bits per heavy atom. The lowest BCUT2D eigenvalue weighted by Gasteiger charge is -2.16. The van der Waals surface area contributed by atoms with Crippen LogP contribution in [0.2, 0.25) is 0 Å². The molecule has 1 rings (SSSR count). The molecule has 0 bridgehead atoms. The zero-order chi connectivity index (χ0) is 15.3. The molecule has 0 fully saturated rings. The Bertz CT molecular complexity index is 474. The second-order valence-corrected chi connectivity index (χ2v) is 4.81. The van der Waals surface area contributed by atoms with Gasteiger partial charge >= 0.3 is 0 Å². The number of amides is 1. The summed E-state index contributed by atoms with van der Waals surface area (Å²) < 4.78 is 10.2. The molecule has 1 unspecified atom stereocenters. The SMILES string of the molecule is COc1cc(OC)c(N)c(C(=O)NCC(O)C(C)C)c1. The highest BCUT2D eigenvalue weighted by molar-refractivity contribution is 6.00. The molecule has 0 aliphatic carbocycles. The van der Waals surface area contributed by atoms with Crippen molar-refractivity contribution in [2.45, 2.75) is 20.0 Å². The zero-order valence-electron chi connectivity index (χ0n) is 12.3. The lowest BCUT2D eigenvalue weighted by Crippen LogP contribution is -2.35. The van der Waals surface area contributed by atoms with E-state index in [2.05, 4.69) is 5.32 Å². The number of rotatable bonds is 6. The molecule has 1 aromatic carbocycles. The zero-order valence-corrected chi connectivity index (χ0v) is 12.3. The number of nitrogens with one attached hydrogen (secondary N) is 1. The van der Waals surface area contributed by atoms with E-state index in [0.29, 0.717) is 11.5 Å². The predicted octanol–water partition coefficient (Wildman–Crippen LogP) is 1.03. The monoisotopic (exact) mass is 282 g/mol. The van der Waals surface area contributed by atoms with Crippen LogP contribution in [-0.2, 0) is 0 Å². The number of methoxy groups -OCH3 is 2. The van der Waals surface area contributed by atoms with Gasteiger partial charge in [-0.05, 0) is 12.0 Å². The van der Waals surface area contributed by atoms with Crippen LogP contribution in [0.1, 0.15) is 24.2 Å². The average Bonchev–Trinajstić information content (AvgIpc) is 2.44. The van der Waals surface area contributed by atoms with Crippen LogP contribution in [-0.4, -0.2) is 37.9 Å². The summed E-state index contributed by atoms with van der Waals surface area (Å²) in [5, 5.41) is 12.3. The molecule has 0 radical (unpaired) electrons. The molecule has 0 aliphatic heterocycles. The van der Waals surface area contributed by atoms with E-state index in [1.807, 2.05) is 13.8 Å². The molecular formula is C14H22N2O4. The van der Waals surface area contributed by atoms with Crippen molar-refractivity contribution in [3.05, 3.63) is 17.7 Å². The van der Waals surface area contributed by atoms with Gasteiger partial charge in [-0.1, -0.05) is 13.8 Å². The smallest absolute Gasteiger partial charge is 0.253 e. The van der Waals surface area contributed by atoms with Gasteiger partial charge in [-0.25, -0.2) is 0 Å². The lowest BCUT2D eigenvalue weighted by molar-refractivity contribution is 0.0872. The van der Waals surface area contributed by atoms with Gasteiger partial charge in [0.05, 0.1) is 31.6 Å². The van der Waals surface area contributed by atoms with Crippen molar-refractivity contribution in [2.75, 3.05) is 26.5 Å². The van der Waals surface area contributed by atoms with Crippen LogP contribution in [0, 0.1) is 5.92 Å². The Labute approximate surface area is 118 Å². The van der Waals surface area contributed by atoms with Gasteiger partial charge < -0.3 is 25.6 Å². The van der Waals surface area contributed by atoms with Crippen LogP contribution in [0.25, 0.3) is 0 Å². The molecule has 0 aromatic heterocycles. The van der Waals surface area contributed by atoms with Crippen LogP contribution in [0.4, 0.5) is 5.69 Å². The molecule has 0 saturated carbocycles. The number of carbonyl (C=O) groups excluding carboxylic acids is 1. The molecule has 1 aromatic rings. The van der Waals surface area contributed by atoms with Crippen molar-refractivity contribution in [3.63, 3.8) is 0 Å². The standard InChI is InChI=1S/C14H22N2O4/c1-8(2)11(17)7-16-14(18)10-5-9(19-3)6-12(20-4)13(10)15/h5-6,8,11,17H,7,15H2,1-4H3,(H,16,18). The summed E-state index contributed by atoms with van der Waals surface area (Å²) in [6.07, 6.45) is -0.604. The molecule has 20 heavy (non-hydrogen) atoms. The van der Waals surface area contributed by atoms with E-state index in [1.165, 1.54) is 20.3 Å². The Balaban J connectivity index is 2.92. The molecule has 0 saturated heterocycles. The fourth-order valence-electron chi connectivity index (χ4n) is 1.60. The largest absolute Gasteiger partial charge is 0.497 e. The molecule has 6 heteroatoms. The summed E-state index contributed by atoms with van der Waals surface area (Å²) >= 11 is 0. The maximum Gasteiger partial charge on any atom is 0.253 e. The number of aliphatic hydroxyl groups is 1. The summed E-state index contributed by atoms with van der Waals surface area (Å²) in [6, 6.07) is 3.14. The summed E-state index contributed by atoms with van der Waals surface area (Å²) in [7, 11) is 2.96. The average molecular weight is 282 g/mol. The van der Waals surface area contributed by atoms with Crippen molar-refractivity contribution in [1.29, 1.82) is 0 Å². The molecule has 1 atom stereocenters. The summed E-state index contributed by atoms with van der Waals surface area (Å²) in [6.45, 7) is 3.91. The Morgan fingerprint density at radius 3 is 2.50 bits per heavy atom. The first-order valence-corrected chi connectivity index (χ1v) is 6.38. The second-order valence-electron chi connectivity index (χ2n) is 4.81. The van der Waals surface area contributed by atoms with Crippen molar-refractivity contribution >= 4 is 11.6 Å². The molecule has 0 heterocycles. The first kappa shape index (κ1) is 16.1. The fraction of sp³-hybridized carbons (Fsp3) is 0.500. The van der Waals surface area contributed by atoms with Crippen LogP contribution < -0.4 is 20.5 Å². The number of ether oxygens (including phenoxy) is 2. The normalized spacial score (nSPS) is 12.1. The number of anilines is 1. The minimum Gasteiger partial charge on any atom is -0.497 e. The van der Waals surface area contributed by atoms with Gasteiger partial charge in [0.1, 0.15) is 11.5 Å². The number of benzene rings is 1. The molecular weight excluding hydrogens is 260 g/mol. The molecule has 4 N–H and O–H groups in total. The Kier molecular flexibility index (Phi) is 5.64. The number of nitrogen functional groups attached to an aromatic ring is 1. The van der Waals surface area contributed by atoms with Gasteiger partial charge in [-0.15, -0.1) is 0 Å². The van der Waals surface area contributed by atoms with Crippen LogP contribution in [0.3, 0.4) is 0 Å². The maximum absolute atomic E-state index is 12.1. The highest BCUT2D eigenvalue weighted by Crippen LogP contribution is 2.30. The van der Waals surface area contributed by atoms with Crippen molar-refractivity contribution in [1.82, 2.24) is 5.32 Å². The molecule has 0 spiro atoms. The third-order valence-corrected chi connectivity index (χ3v) is 3.06. The van der Waals surface area contributed by atoms with E-state index in [0.717, 1.165) is 0 Å². The molecule has 6 nitrogen and oxygen atoms in total. The minimum atomic E-state index is -0.604. The van der Waals surface area contributed by atoms with Crippen molar-refractivity contribution < 1.29 is 19.4 Å². The topological polar surface area (TPSA) is 93.8 Å². The number of aliphatic hydroxyl groups excluding tert-OH is 1. The summed E-state index contributed by atoms with van der Waals surface area (Å²) in [5.74, 6) is 0.538. The van der Waals surface area contributed by atoms with E-state index >= 15 is 0 Å². The third kappa shape index (κ3) is 3.77. The first-order valence-electron chi connectivity index (χ1n) is 6.38. The number of hydrogen-bond acceptors (Lipinski definition) is 5. The van der Waals surface area contributed by atoms with Crippen LogP contribution >= 0.6 is 0 Å². The maximum atomic E-state index is 12.1. The molecule has 0 aliphatic rings. The summed E-state index contributed by atoms with van der Waals surface area (Å²) in [5.41, 5.74) is 6.38. The Hall–Kier alpha value is -1.95. The third-order valence-electron chi connectivity index (χ3n) is 3.06. The van der Waals surface area contributed by atoms with E-state index in [1.54, 1.807) is 6.07 Å². The minimum absolute atomic E-state index is 0.0625. The van der Waals surface area contributed by atoms with Gasteiger partial charge in [-0.3, -0.25) is 4.79 Å². The van der Waals surface area contributed by atoms with Gasteiger partial charge in [0, 0.05) is 12.6 Å². The Morgan fingerprint density at radius 1 is 1.35 bits per heavy atom. The van der Waals surface area contributed by atoms with Crippen molar-refractivity contribution in [3.8, 4) is 11.5 Å². The second kappa shape index (κ2) is 7.00. The number of nitrogens with two attached hydrogens (primary N) is 1. The van der Waals surface area contributed by atoms with Crippen molar-refractivity contribution in [2.24, 2.45) is 5.92 Å². The lowest BCUT2D eigenvalue weighted by atomic mass is 10.1. The predicted molar refractivity (Wildman–Crippen MR) is 77.1 cm³/mol. The number of hydrogen-bond donors (Lipinski definition) is 3. The highest BCUT2D eigenvalue weighted by Gasteiger charge is 2.17. The highest BCUT2D eigenvalue weighted by atomic mass is 16.5. The van der Waals surface area contributed by atoms with Crippen LogP contribution in [0.5, 0.6) is 11.5 Å². The van der Waals surface area contributed by atoms with Gasteiger partial charge in [0.25, 0.3) is 5.91 Å². The van der Waals surface area contributed by atoms with Gasteiger partial charge in [0.2, 0.25) is 0 Å². The van der Waals surface area contributed by atoms with E-state index in [4.69, 9.17) is 15.2 Å². The van der Waals surface area contributed by atoms with Gasteiger partial charge in [-0.2, -0.15) is 0 Å². The van der Waals surface area contributed by atoms with Crippen LogP contribution in [0.15, 0.2) is 12.1 Å². The van der Waals surface area contributed by atoms with E-state index in [9.17, 15) is 9.90 Å². The fourth-order valence-corrected chi connectivity index (χ4v) is 1.60. The molecule has 1 amide bonds. The van der Waals surface area contributed by atoms with E-state index in [-0.39, 0.29) is 29.6 Å². The van der Waals surface area contributed by atoms with Gasteiger partial charge in [0.15, 0.2) is 0 Å². The quantitative estimate of drug-likeness (QED) is 0.678. The number of carbonyl (C=O) groups is 1. The summed E-state index contributed by atoms with van der Waals surface area (Å²) in [4.78, 5) is 12.1. The first-order chi connectivity index (χ1) is 9.40.